The van der Waals surface area contributed by atoms with Crippen molar-refractivity contribution in [3.8, 4) is 0 Å². The van der Waals surface area contributed by atoms with Gasteiger partial charge in [-0.2, -0.15) is 0 Å². The number of nitrogens with two attached hydrogens (primary N) is 1. The number of hydrogen-bond acceptors (Lipinski definition) is 4. The molecule has 6 heteroatoms. The molecule has 2 heterocycles. The lowest BCUT2D eigenvalue weighted by molar-refractivity contribution is 0.194. The van der Waals surface area contributed by atoms with Gasteiger partial charge in [-0.3, -0.25) is 9.78 Å². The fraction of sp³-hybridized carbons (Fsp3) is 0.500. The number of ether oxygens (including phenoxy) is 1. The van der Waals surface area contributed by atoms with Gasteiger partial charge in [0.05, 0.1) is 12.2 Å². The molecule has 0 amide bonds. The van der Waals surface area contributed by atoms with Gasteiger partial charge in [0.2, 0.25) is 0 Å². The largest absolute Gasteiger partial charge is 0.385 e. The van der Waals surface area contributed by atoms with Gasteiger partial charge in [0.1, 0.15) is 5.82 Å². The van der Waals surface area contributed by atoms with Crippen LogP contribution in [0.4, 0.5) is 5.82 Å². The summed E-state index contributed by atoms with van der Waals surface area (Å²) in [5.41, 5.74) is 6.06. The lowest BCUT2D eigenvalue weighted by Gasteiger charge is -2.08. The van der Waals surface area contributed by atoms with Crippen LogP contribution in [-0.2, 0) is 4.74 Å². The summed E-state index contributed by atoms with van der Waals surface area (Å²) < 4.78 is 5.46. The van der Waals surface area contributed by atoms with E-state index in [9.17, 15) is 4.79 Å². The van der Waals surface area contributed by atoms with Crippen molar-refractivity contribution >= 4 is 18.0 Å². The van der Waals surface area contributed by atoms with Crippen LogP contribution in [0.2, 0.25) is 0 Å². The van der Waals surface area contributed by atoms with Gasteiger partial charge in [0.15, 0.2) is 4.77 Å². The highest BCUT2D eigenvalue weighted by atomic mass is 32.1. The van der Waals surface area contributed by atoms with Gasteiger partial charge >= 0.3 is 0 Å². The van der Waals surface area contributed by atoms with E-state index in [0.29, 0.717) is 24.6 Å². The molecule has 1 aliphatic rings. The number of rotatable bonds is 1. The van der Waals surface area contributed by atoms with Crippen LogP contribution in [-0.4, -0.2) is 23.2 Å². The lowest BCUT2D eigenvalue weighted by atomic mass is 10.0. The third kappa shape index (κ3) is 1.58. The van der Waals surface area contributed by atoms with Gasteiger partial charge in [-0.15, -0.1) is 0 Å². The maximum atomic E-state index is 11.6. The summed E-state index contributed by atoms with van der Waals surface area (Å²) in [4.78, 5) is 16.8. The van der Waals surface area contributed by atoms with Gasteiger partial charge in [0, 0.05) is 12.5 Å². The second-order valence-electron chi connectivity index (χ2n) is 3.30. The second-order valence-corrected chi connectivity index (χ2v) is 3.70. The second kappa shape index (κ2) is 3.55. The van der Waals surface area contributed by atoms with Crippen molar-refractivity contribution in [2.75, 3.05) is 18.9 Å². The third-order valence-electron chi connectivity index (χ3n) is 2.35. The Kier molecular flexibility index (Phi) is 2.39. The summed E-state index contributed by atoms with van der Waals surface area (Å²) in [6, 6.07) is 0. The number of nitrogen functional groups attached to an aromatic ring is 1. The molecule has 0 bridgehead atoms. The number of hydrogen-bond donors (Lipinski definition) is 3. The number of nitrogens with one attached hydrogen (secondary N) is 2. The standard InChI is InChI=1S/C8H11N3O2S/c9-6-5(4-1-2-13-3-4)7(12)11-8(14)10-6/h4H,1-3H2,(H4,9,10,11,12,14). The van der Waals surface area contributed by atoms with E-state index in [1.165, 1.54) is 0 Å². The maximum Gasteiger partial charge on any atom is 0.257 e. The van der Waals surface area contributed by atoms with Crippen molar-refractivity contribution < 1.29 is 4.74 Å². The first-order chi connectivity index (χ1) is 6.68. The number of aromatic amines is 2. The molecule has 1 aliphatic heterocycles. The van der Waals surface area contributed by atoms with Gasteiger partial charge < -0.3 is 15.5 Å². The Balaban J connectivity index is 2.51. The molecule has 14 heavy (non-hydrogen) atoms. The molecule has 1 saturated heterocycles. The van der Waals surface area contributed by atoms with E-state index in [1.807, 2.05) is 0 Å². The summed E-state index contributed by atoms with van der Waals surface area (Å²) in [6.07, 6.45) is 0.831. The van der Waals surface area contributed by atoms with Gasteiger partial charge in [0.25, 0.3) is 5.56 Å². The maximum absolute atomic E-state index is 11.6. The molecule has 1 aromatic heterocycles. The van der Waals surface area contributed by atoms with Crippen molar-refractivity contribution in [3.63, 3.8) is 0 Å². The number of anilines is 1. The molecule has 76 valence electrons. The molecule has 1 unspecified atom stereocenters. The molecule has 0 aliphatic carbocycles. The Bertz CT molecular complexity index is 445. The first-order valence-corrected chi connectivity index (χ1v) is 4.79. The quantitative estimate of drug-likeness (QED) is 0.594. The summed E-state index contributed by atoms with van der Waals surface area (Å²) in [5.74, 6) is 0.444. The fourth-order valence-electron chi connectivity index (χ4n) is 1.68. The minimum atomic E-state index is -0.207. The van der Waals surface area contributed by atoms with E-state index in [4.69, 9.17) is 22.7 Å². The molecule has 4 N–H and O–H groups in total. The molecule has 0 aromatic carbocycles. The first kappa shape index (κ1) is 9.42. The minimum Gasteiger partial charge on any atom is -0.385 e. The predicted octanol–water partition coefficient (Wildman–Crippen LogP) is 0.519. The summed E-state index contributed by atoms with van der Waals surface area (Å²) in [6.45, 7) is 1.23. The third-order valence-corrected chi connectivity index (χ3v) is 2.55. The monoisotopic (exact) mass is 213 g/mol. The van der Waals surface area contributed by atoms with E-state index < -0.39 is 0 Å². The van der Waals surface area contributed by atoms with Crippen molar-refractivity contribution in [1.29, 1.82) is 0 Å². The van der Waals surface area contributed by atoms with Crippen molar-refractivity contribution in [2.45, 2.75) is 12.3 Å². The zero-order valence-electron chi connectivity index (χ0n) is 7.50. The Morgan fingerprint density at radius 3 is 2.86 bits per heavy atom. The van der Waals surface area contributed by atoms with Gasteiger partial charge in [-0.05, 0) is 18.6 Å². The van der Waals surface area contributed by atoms with E-state index >= 15 is 0 Å². The molecule has 0 radical (unpaired) electrons. The molecule has 1 fully saturated rings. The average molecular weight is 213 g/mol. The van der Waals surface area contributed by atoms with Crippen LogP contribution in [0.3, 0.4) is 0 Å². The van der Waals surface area contributed by atoms with Crippen molar-refractivity contribution in [2.24, 2.45) is 0 Å². The topological polar surface area (TPSA) is 83.9 Å². The van der Waals surface area contributed by atoms with Crippen LogP contribution >= 0.6 is 12.2 Å². The van der Waals surface area contributed by atoms with Crippen LogP contribution in [0, 0.1) is 4.77 Å². The Morgan fingerprint density at radius 2 is 2.29 bits per heavy atom. The van der Waals surface area contributed by atoms with Crippen LogP contribution in [0.1, 0.15) is 17.9 Å². The summed E-state index contributed by atoms with van der Waals surface area (Å²) >= 11 is 4.80. The first-order valence-electron chi connectivity index (χ1n) is 4.38. The van der Waals surface area contributed by atoms with Crippen molar-refractivity contribution in [1.82, 2.24) is 9.97 Å². The molecular formula is C8H11N3O2S. The van der Waals surface area contributed by atoms with Crippen LogP contribution in [0.5, 0.6) is 0 Å². The lowest BCUT2D eigenvalue weighted by Crippen LogP contribution is -2.20. The molecule has 1 atom stereocenters. The highest BCUT2D eigenvalue weighted by molar-refractivity contribution is 7.71. The van der Waals surface area contributed by atoms with E-state index in [-0.39, 0.29) is 16.2 Å². The molecule has 0 spiro atoms. The van der Waals surface area contributed by atoms with Crippen LogP contribution in [0.25, 0.3) is 0 Å². The molecule has 1 aromatic rings. The van der Waals surface area contributed by atoms with Crippen LogP contribution in [0.15, 0.2) is 4.79 Å². The Morgan fingerprint density at radius 1 is 1.50 bits per heavy atom. The van der Waals surface area contributed by atoms with E-state index in [1.54, 1.807) is 0 Å². The smallest absolute Gasteiger partial charge is 0.257 e. The zero-order valence-corrected chi connectivity index (χ0v) is 8.32. The minimum absolute atomic E-state index is 0.0885. The fourth-order valence-corrected chi connectivity index (χ4v) is 1.88. The highest BCUT2D eigenvalue weighted by Crippen LogP contribution is 2.24. The van der Waals surface area contributed by atoms with Crippen molar-refractivity contribution in [3.05, 3.63) is 20.7 Å². The average Bonchev–Trinajstić information content (AvgIpc) is 2.54. The Hall–Kier alpha value is -1.14. The van der Waals surface area contributed by atoms with Gasteiger partial charge in [-0.1, -0.05) is 0 Å². The summed E-state index contributed by atoms with van der Waals surface area (Å²) in [7, 11) is 0. The van der Waals surface area contributed by atoms with Gasteiger partial charge in [-0.25, -0.2) is 0 Å². The van der Waals surface area contributed by atoms with Crippen LogP contribution < -0.4 is 11.3 Å². The SMILES string of the molecule is Nc1[nH]c(=S)[nH]c(=O)c1C1CCOC1. The van der Waals surface area contributed by atoms with E-state index in [2.05, 4.69) is 9.97 Å². The molecule has 2 rings (SSSR count). The zero-order chi connectivity index (χ0) is 10.1. The molecule has 0 saturated carbocycles. The predicted molar refractivity (Wildman–Crippen MR) is 54.8 cm³/mol. The van der Waals surface area contributed by atoms with E-state index in [0.717, 1.165) is 6.42 Å². The highest BCUT2D eigenvalue weighted by Gasteiger charge is 2.23. The Labute approximate surface area is 85.3 Å². The summed E-state index contributed by atoms with van der Waals surface area (Å²) in [5, 5.41) is 0. The number of H-pyrrole nitrogens is 2. The normalized spacial score (nSPS) is 21.3. The molecule has 5 nitrogen and oxygen atoms in total. The number of aromatic nitrogens is 2. The molecular weight excluding hydrogens is 202 g/mol.